The second-order valence-corrected chi connectivity index (χ2v) is 5.64. The zero-order valence-electron chi connectivity index (χ0n) is 10.2. The Hall–Kier alpha value is -0.840. The molecule has 2 aromatic rings. The minimum atomic E-state index is 0. The van der Waals surface area contributed by atoms with Crippen LogP contribution in [0.15, 0.2) is 24.3 Å². The highest BCUT2D eigenvalue weighted by Crippen LogP contribution is 2.30. The van der Waals surface area contributed by atoms with E-state index in [1.54, 1.807) is 11.3 Å². The van der Waals surface area contributed by atoms with Crippen molar-refractivity contribution in [3.05, 3.63) is 24.3 Å². The number of para-hydroxylation sites is 1. The van der Waals surface area contributed by atoms with Gasteiger partial charge in [-0.1, -0.05) is 23.5 Å². The molecule has 0 amide bonds. The van der Waals surface area contributed by atoms with Crippen LogP contribution >= 0.6 is 23.7 Å². The molecule has 0 spiro atoms. The molecule has 3 rings (SSSR count). The molecule has 3 nitrogen and oxygen atoms in total. The van der Waals surface area contributed by atoms with Crippen LogP contribution in [0.2, 0.25) is 0 Å². The van der Waals surface area contributed by atoms with Crippen LogP contribution < -0.4 is 10.6 Å². The van der Waals surface area contributed by atoms with Crippen molar-refractivity contribution < 1.29 is 0 Å². The molecule has 0 atom stereocenters. The summed E-state index contributed by atoms with van der Waals surface area (Å²) in [5.41, 5.74) is 6.84. The lowest BCUT2D eigenvalue weighted by Crippen LogP contribution is -2.35. The number of piperidine rings is 1. The van der Waals surface area contributed by atoms with Crippen molar-refractivity contribution in [2.45, 2.75) is 12.8 Å². The third-order valence-electron chi connectivity index (χ3n) is 3.50. The van der Waals surface area contributed by atoms with Gasteiger partial charge in [0.05, 0.1) is 10.2 Å². The highest BCUT2D eigenvalue weighted by atomic mass is 35.5. The summed E-state index contributed by atoms with van der Waals surface area (Å²) in [6, 6.07) is 8.35. The highest BCUT2D eigenvalue weighted by Gasteiger charge is 2.20. The Labute approximate surface area is 117 Å². The molecule has 18 heavy (non-hydrogen) atoms. The van der Waals surface area contributed by atoms with Crippen molar-refractivity contribution in [2.24, 2.45) is 11.7 Å². The van der Waals surface area contributed by atoms with Gasteiger partial charge in [0, 0.05) is 13.1 Å². The number of aromatic nitrogens is 1. The molecule has 0 saturated carbocycles. The van der Waals surface area contributed by atoms with E-state index in [9.17, 15) is 0 Å². The van der Waals surface area contributed by atoms with Crippen LogP contribution in [0.1, 0.15) is 12.8 Å². The zero-order chi connectivity index (χ0) is 11.7. The Balaban J connectivity index is 0.00000120. The first-order valence-electron chi connectivity index (χ1n) is 6.17. The Morgan fingerprint density at radius 1 is 1.28 bits per heavy atom. The number of nitrogens with zero attached hydrogens (tertiary/aromatic N) is 2. The third kappa shape index (κ3) is 2.60. The van der Waals surface area contributed by atoms with Gasteiger partial charge in [-0.05, 0) is 37.4 Å². The normalized spacial score (nSPS) is 16.8. The maximum Gasteiger partial charge on any atom is 0.186 e. The van der Waals surface area contributed by atoms with Crippen LogP contribution in [-0.4, -0.2) is 24.6 Å². The number of benzene rings is 1. The van der Waals surface area contributed by atoms with Crippen molar-refractivity contribution in [3.63, 3.8) is 0 Å². The minimum Gasteiger partial charge on any atom is -0.348 e. The summed E-state index contributed by atoms with van der Waals surface area (Å²) in [6.45, 7) is 3.02. The number of hydrogen-bond acceptors (Lipinski definition) is 4. The first kappa shape index (κ1) is 13.6. The second-order valence-electron chi connectivity index (χ2n) is 4.63. The van der Waals surface area contributed by atoms with Gasteiger partial charge in [-0.3, -0.25) is 0 Å². The number of fused-ring (bicyclic) bond motifs is 1. The highest BCUT2D eigenvalue weighted by molar-refractivity contribution is 7.22. The first-order valence-corrected chi connectivity index (χ1v) is 6.99. The maximum atomic E-state index is 5.72. The lowest BCUT2D eigenvalue weighted by atomic mass is 9.98. The molecule has 0 unspecified atom stereocenters. The topological polar surface area (TPSA) is 42.1 Å². The molecule has 1 aromatic carbocycles. The van der Waals surface area contributed by atoms with Gasteiger partial charge in [0.15, 0.2) is 5.13 Å². The standard InChI is InChI=1S/C13H17N3S.ClH/c14-9-10-5-7-16(8-6-10)13-15-11-3-1-2-4-12(11)17-13;/h1-4,10H,5-9,14H2;1H. The Kier molecular flexibility index (Phi) is 4.43. The van der Waals surface area contributed by atoms with Crippen molar-refractivity contribution in [3.8, 4) is 0 Å². The van der Waals surface area contributed by atoms with Crippen molar-refractivity contribution in [2.75, 3.05) is 24.5 Å². The van der Waals surface area contributed by atoms with E-state index >= 15 is 0 Å². The SMILES string of the molecule is Cl.NCC1CCN(c2nc3ccccc3s2)CC1. The summed E-state index contributed by atoms with van der Waals surface area (Å²) in [5.74, 6) is 0.709. The number of rotatable bonds is 2. The molecule has 1 aliphatic heterocycles. The van der Waals surface area contributed by atoms with Crippen LogP contribution in [0.3, 0.4) is 0 Å². The molecule has 1 aliphatic rings. The van der Waals surface area contributed by atoms with Crippen molar-refractivity contribution in [1.82, 2.24) is 4.98 Å². The largest absolute Gasteiger partial charge is 0.348 e. The molecule has 5 heteroatoms. The summed E-state index contributed by atoms with van der Waals surface area (Å²) in [7, 11) is 0. The maximum absolute atomic E-state index is 5.72. The number of anilines is 1. The van der Waals surface area contributed by atoms with Gasteiger partial charge in [0.25, 0.3) is 0 Å². The summed E-state index contributed by atoms with van der Waals surface area (Å²) in [5, 5.41) is 1.17. The molecule has 2 heterocycles. The number of nitrogens with two attached hydrogens (primary N) is 1. The minimum absolute atomic E-state index is 0. The van der Waals surface area contributed by atoms with Gasteiger partial charge in [-0.2, -0.15) is 0 Å². The van der Waals surface area contributed by atoms with Crippen LogP contribution in [0.25, 0.3) is 10.2 Å². The average molecular weight is 284 g/mol. The number of halogens is 1. The molecule has 0 bridgehead atoms. The third-order valence-corrected chi connectivity index (χ3v) is 4.60. The van der Waals surface area contributed by atoms with E-state index in [4.69, 9.17) is 10.7 Å². The van der Waals surface area contributed by atoms with Crippen LogP contribution in [0, 0.1) is 5.92 Å². The lowest BCUT2D eigenvalue weighted by molar-refractivity contribution is 0.414. The predicted molar refractivity (Wildman–Crippen MR) is 80.9 cm³/mol. The lowest BCUT2D eigenvalue weighted by Gasteiger charge is -2.30. The summed E-state index contributed by atoms with van der Waals surface area (Å²) in [6.07, 6.45) is 2.40. The predicted octanol–water partition coefficient (Wildman–Crippen LogP) is 2.89. The Bertz CT molecular complexity index is 473. The molecule has 1 saturated heterocycles. The molecule has 2 N–H and O–H groups in total. The summed E-state index contributed by atoms with van der Waals surface area (Å²) in [4.78, 5) is 7.10. The average Bonchev–Trinajstić information content (AvgIpc) is 2.82. The van der Waals surface area contributed by atoms with Crippen molar-refractivity contribution in [1.29, 1.82) is 0 Å². The van der Waals surface area contributed by atoms with Crippen LogP contribution in [-0.2, 0) is 0 Å². The molecule has 98 valence electrons. The van der Waals surface area contributed by atoms with E-state index < -0.39 is 0 Å². The fraction of sp³-hybridized carbons (Fsp3) is 0.462. The molecule has 0 radical (unpaired) electrons. The van der Waals surface area contributed by atoms with Gasteiger partial charge >= 0.3 is 0 Å². The molecular formula is C13H18ClN3S. The quantitative estimate of drug-likeness (QED) is 0.921. The van der Waals surface area contributed by atoms with Gasteiger partial charge in [-0.15, -0.1) is 12.4 Å². The molecule has 1 fully saturated rings. The van der Waals surface area contributed by atoms with E-state index in [-0.39, 0.29) is 12.4 Å². The number of thiazole rings is 1. The summed E-state index contributed by atoms with van der Waals surface area (Å²) < 4.78 is 1.28. The van der Waals surface area contributed by atoms with E-state index in [0.717, 1.165) is 25.2 Å². The Morgan fingerprint density at radius 2 is 2.00 bits per heavy atom. The fourth-order valence-corrected chi connectivity index (χ4v) is 3.37. The molecular weight excluding hydrogens is 266 g/mol. The zero-order valence-corrected chi connectivity index (χ0v) is 11.8. The fourth-order valence-electron chi connectivity index (χ4n) is 2.36. The molecule has 1 aromatic heterocycles. The van der Waals surface area contributed by atoms with Crippen LogP contribution in [0.5, 0.6) is 0 Å². The van der Waals surface area contributed by atoms with Gasteiger partial charge < -0.3 is 10.6 Å². The summed E-state index contributed by atoms with van der Waals surface area (Å²) >= 11 is 1.80. The van der Waals surface area contributed by atoms with E-state index in [1.807, 2.05) is 6.07 Å². The smallest absolute Gasteiger partial charge is 0.186 e. The number of hydrogen-bond donors (Lipinski definition) is 1. The van der Waals surface area contributed by atoms with Crippen LogP contribution in [0.4, 0.5) is 5.13 Å². The first-order chi connectivity index (χ1) is 8.36. The molecule has 0 aliphatic carbocycles. The van der Waals surface area contributed by atoms with Gasteiger partial charge in [0.2, 0.25) is 0 Å². The van der Waals surface area contributed by atoms with E-state index in [2.05, 4.69) is 23.1 Å². The van der Waals surface area contributed by atoms with Gasteiger partial charge in [0.1, 0.15) is 0 Å². The van der Waals surface area contributed by atoms with Gasteiger partial charge in [-0.25, -0.2) is 4.98 Å². The van der Waals surface area contributed by atoms with E-state index in [1.165, 1.54) is 22.7 Å². The second kappa shape index (κ2) is 5.87. The van der Waals surface area contributed by atoms with Crippen molar-refractivity contribution >= 4 is 39.1 Å². The Morgan fingerprint density at radius 3 is 2.67 bits per heavy atom. The van der Waals surface area contributed by atoms with E-state index in [0.29, 0.717) is 5.92 Å². The monoisotopic (exact) mass is 283 g/mol.